The van der Waals surface area contributed by atoms with Crippen LogP contribution in [-0.4, -0.2) is 39.1 Å². The van der Waals surface area contributed by atoms with Crippen LogP contribution in [0, 0.1) is 11.7 Å². The van der Waals surface area contributed by atoms with Gasteiger partial charge in [-0.15, -0.1) is 5.10 Å². The minimum Gasteiger partial charge on any atom is -0.375 e. The summed E-state index contributed by atoms with van der Waals surface area (Å²) in [4.78, 5) is 19.8. The molecule has 1 unspecified atom stereocenters. The second-order valence-electron chi connectivity index (χ2n) is 9.66. The smallest absolute Gasteiger partial charge is 0.350 e. The van der Waals surface area contributed by atoms with Gasteiger partial charge < -0.3 is 4.90 Å². The molecular weight excluding hydrogens is 489 g/mol. The zero-order valence-electron chi connectivity index (χ0n) is 22.1. The van der Waals surface area contributed by atoms with Gasteiger partial charge >= 0.3 is 5.69 Å². The van der Waals surface area contributed by atoms with Crippen LogP contribution in [-0.2, 0) is 6.54 Å². The molecule has 0 saturated carbocycles. The molecule has 1 fully saturated rings. The molecule has 0 amide bonds. The number of hydrogen-bond donors (Lipinski definition) is 0. The lowest BCUT2D eigenvalue weighted by molar-refractivity contribution is 0.325. The van der Waals surface area contributed by atoms with E-state index in [4.69, 9.17) is 16.7 Å². The molecule has 1 aliphatic rings. The SMILES string of the molecule is C=N/C=C(/Cl)C/C(=C\C)c1nn(CC2CCCN(C(=C)CCCCC)CC2)c(=O)n1-c1ccc(F)cc1. The van der Waals surface area contributed by atoms with E-state index in [2.05, 4.69) is 30.1 Å². The Hall–Kier alpha value is -2.93. The highest BCUT2D eigenvalue weighted by molar-refractivity contribution is 6.30. The largest absolute Gasteiger partial charge is 0.375 e. The number of allylic oxidation sites excluding steroid dienone is 4. The van der Waals surface area contributed by atoms with E-state index in [1.807, 2.05) is 13.0 Å². The third-order valence-corrected chi connectivity index (χ3v) is 7.18. The monoisotopic (exact) mass is 527 g/mol. The molecular formula is C29H39ClFN5O. The summed E-state index contributed by atoms with van der Waals surface area (Å²) in [7, 11) is 0. The maximum Gasteiger partial charge on any atom is 0.350 e. The molecule has 200 valence electrons. The van der Waals surface area contributed by atoms with Gasteiger partial charge in [0.1, 0.15) is 5.82 Å². The Balaban J connectivity index is 1.85. The maximum atomic E-state index is 13.6. The van der Waals surface area contributed by atoms with E-state index in [0.717, 1.165) is 44.3 Å². The quantitative estimate of drug-likeness (QED) is 0.222. The predicted molar refractivity (Wildman–Crippen MR) is 152 cm³/mol. The Labute approximate surface area is 224 Å². The average Bonchev–Trinajstić information content (AvgIpc) is 3.04. The summed E-state index contributed by atoms with van der Waals surface area (Å²) in [6, 6.07) is 5.88. The summed E-state index contributed by atoms with van der Waals surface area (Å²) >= 11 is 6.33. The second-order valence-corrected chi connectivity index (χ2v) is 10.1. The molecule has 1 saturated heterocycles. The fourth-order valence-corrected chi connectivity index (χ4v) is 5.05. The van der Waals surface area contributed by atoms with Crippen molar-refractivity contribution in [3.05, 3.63) is 76.0 Å². The number of aromatic nitrogens is 3. The molecule has 37 heavy (non-hydrogen) atoms. The van der Waals surface area contributed by atoms with Crippen molar-refractivity contribution in [2.75, 3.05) is 13.1 Å². The van der Waals surface area contributed by atoms with Gasteiger partial charge in [-0.2, -0.15) is 0 Å². The van der Waals surface area contributed by atoms with E-state index in [1.165, 1.54) is 43.3 Å². The maximum absolute atomic E-state index is 13.6. The van der Waals surface area contributed by atoms with Gasteiger partial charge in [0.25, 0.3) is 0 Å². The lowest BCUT2D eigenvalue weighted by atomic mass is 10.0. The molecule has 1 aromatic carbocycles. The summed E-state index contributed by atoms with van der Waals surface area (Å²) in [5.41, 5.74) is 2.32. The van der Waals surface area contributed by atoms with Gasteiger partial charge in [0.05, 0.1) is 5.69 Å². The molecule has 2 heterocycles. The van der Waals surface area contributed by atoms with Crippen LogP contribution in [0.1, 0.15) is 71.0 Å². The Kier molecular flexibility index (Phi) is 10.9. The predicted octanol–water partition coefficient (Wildman–Crippen LogP) is 6.94. The topological polar surface area (TPSA) is 55.4 Å². The number of nitrogens with zero attached hydrogens (tertiary/aromatic N) is 5. The number of likely N-dealkylation sites (tertiary alicyclic amines) is 1. The molecule has 0 bridgehead atoms. The first-order valence-electron chi connectivity index (χ1n) is 13.2. The molecule has 0 N–H and O–H groups in total. The zero-order chi connectivity index (χ0) is 26.8. The Morgan fingerprint density at radius 3 is 2.68 bits per heavy atom. The third-order valence-electron chi connectivity index (χ3n) is 6.95. The third kappa shape index (κ3) is 7.78. The van der Waals surface area contributed by atoms with Gasteiger partial charge in [-0.1, -0.05) is 44.0 Å². The van der Waals surface area contributed by atoms with Crippen molar-refractivity contribution in [2.45, 2.75) is 71.8 Å². The molecule has 0 radical (unpaired) electrons. The van der Waals surface area contributed by atoms with Gasteiger partial charge in [-0.05, 0) is 81.5 Å². The molecule has 0 aliphatic carbocycles. The lowest BCUT2D eigenvalue weighted by Gasteiger charge is -2.25. The van der Waals surface area contributed by atoms with E-state index in [1.54, 1.807) is 21.4 Å². The molecule has 6 nitrogen and oxygen atoms in total. The Morgan fingerprint density at radius 2 is 2.00 bits per heavy atom. The highest BCUT2D eigenvalue weighted by atomic mass is 35.5. The minimum absolute atomic E-state index is 0.243. The van der Waals surface area contributed by atoms with Crippen molar-refractivity contribution < 1.29 is 4.39 Å². The molecule has 1 atom stereocenters. The van der Waals surface area contributed by atoms with Crippen molar-refractivity contribution in [1.29, 1.82) is 0 Å². The highest BCUT2D eigenvalue weighted by Gasteiger charge is 2.23. The van der Waals surface area contributed by atoms with Crippen LogP contribution < -0.4 is 5.69 Å². The first-order valence-corrected chi connectivity index (χ1v) is 13.6. The number of halogens is 2. The van der Waals surface area contributed by atoms with Crippen molar-refractivity contribution in [1.82, 2.24) is 19.2 Å². The van der Waals surface area contributed by atoms with E-state index >= 15 is 0 Å². The lowest BCUT2D eigenvalue weighted by Crippen LogP contribution is -2.28. The van der Waals surface area contributed by atoms with Gasteiger partial charge in [0, 0.05) is 43.0 Å². The van der Waals surface area contributed by atoms with Gasteiger partial charge in [0.2, 0.25) is 0 Å². The van der Waals surface area contributed by atoms with Gasteiger partial charge in [-0.3, -0.25) is 4.99 Å². The minimum atomic E-state index is -0.362. The van der Waals surface area contributed by atoms with Crippen molar-refractivity contribution in [3.8, 4) is 5.69 Å². The van der Waals surface area contributed by atoms with Gasteiger partial charge in [0.15, 0.2) is 5.82 Å². The van der Waals surface area contributed by atoms with E-state index in [0.29, 0.717) is 35.4 Å². The van der Waals surface area contributed by atoms with Crippen molar-refractivity contribution >= 4 is 23.9 Å². The fraction of sp³-hybridized carbons (Fsp3) is 0.483. The molecule has 3 rings (SSSR count). The average molecular weight is 528 g/mol. The van der Waals surface area contributed by atoms with Gasteiger partial charge in [-0.25, -0.2) is 18.4 Å². The first-order chi connectivity index (χ1) is 17.9. The molecule has 1 aliphatic heterocycles. The van der Waals surface area contributed by atoms with Crippen molar-refractivity contribution in [3.63, 3.8) is 0 Å². The highest BCUT2D eigenvalue weighted by Crippen LogP contribution is 2.26. The number of unbranched alkanes of at least 4 members (excludes halogenated alkanes) is 2. The van der Waals surface area contributed by atoms with Crippen LogP contribution in [0.2, 0.25) is 0 Å². The number of rotatable bonds is 12. The van der Waals surface area contributed by atoms with Crippen LogP contribution in [0.3, 0.4) is 0 Å². The summed E-state index contributed by atoms with van der Waals surface area (Å²) in [5.74, 6) is 0.465. The van der Waals surface area contributed by atoms with Crippen LogP contribution in [0.15, 0.2) is 63.6 Å². The summed E-state index contributed by atoms with van der Waals surface area (Å²) in [6.07, 6.45) is 11.5. The van der Waals surface area contributed by atoms with E-state index in [-0.39, 0.29) is 11.5 Å². The van der Waals surface area contributed by atoms with E-state index < -0.39 is 0 Å². The second kappa shape index (κ2) is 14.1. The summed E-state index contributed by atoms with van der Waals surface area (Å²) in [5, 5.41) is 5.25. The van der Waals surface area contributed by atoms with Crippen LogP contribution in [0.4, 0.5) is 4.39 Å². The molecule has 0 spiro atoms. The van der Waals surface area contributed by atoms with Crippen molar-refractivity contribution in [2.24, 2.45) is 10.9 Å². The van der Waals surface area contributed by atoms with Crippen LogP contribution in [0.25, 0.3) is 11.3 Å². The Bertz CT molecular complexity index is 1180. The molecule has 2 aromatic rings. The fourth-order valence-electron chi connectivity index (χ4n) is 4.84. The number of hydrogen-bond acceptors (Lipinski definition) is 4. The Morgan fingerprint density at radius 1 is 1.24 bits per heavy atom. The zero-order valence-corrected chi connectivity index (χ0v) is 22.9. The number of benzene rings is 1. The van der Waals surface area contributed by atoms with Crippen LogP contribution >= 0.6 is 11.6 Å². The molecule has 8 heteroatoms. The number of aliphatic imine (C=N–C) groups is 1. The standard InChI is InChI=1S/C29H39ClFN5O/c1-5-7-8-10-22(3)34-17-9-11-23(16-18-34)21-35-29(37)36(27-14-12-26(31)13-15-27)28(33-35)24(6-2)19-25(30)20-32-4/h6,12-15,20,23H,3-5,7-11,16-19,21H2,1-2H3/b24-6+,25-20+. The molecule has 1 aromatic heterocycles. The summed E-state index contributed by atoms with van der Waals surface area (Å²) < 4.78 is 16.7. The van der Waals surface area contributed by atoms with Crippen LogP contribution in [0.5, 0.6) is 0 Å². The summed E-state index contributed by atoms with van der Waals surface area (Å²) in [6.45, 7) is 14.4. The van der Waals surface area contributed by atoms with E-state index in [9.17, 15) is 9.18 Å². The normalized spacial score (nSPS) is 17.1. The first kappa shape index (κ1) is 28.6.